The van der Waals surface area contributed by atoms with Gasteiger partial charge in [0.2, 0.25) is 0 Å². The molecule has 1 aromatic rings. The van der Waals surface area contributed by atoms with Crippen LogP contribution in [0, 0.1) is 0 Å². The minimum absolute atomic E-state index is 0.235. The molecule has 8 heteroatoms. The Morgan fingerprint density at radius 3 is 2.83 bits per heavy atom. The summed E-state index contributed by atoms with van der Waals surface area (Å²) in [5.41, 5.74) is -2.01. The van der Waals surface area contributed by atoms with Crippen LogP contribution in [0.4, 0.5) is 0 Å². The number of aliphatic hydroxyl groups is 3. The van der Waals surface area contributed by atoms with Crippen LogP contribution in [0.3, 0.4) is 0 Å². The van der Waals surface area contributed by atoms with Gasteiger partial charge in [0.05, 0.1) is 0 Å². The Balaban J connectivity index is 2.42. The van der Waals surface area contributed by atoms with Crippen molar-refractivity contribution in [1.82, 2.24) is 9.55 Å². The Bertz CT molecular complexity index is 503. The van der Waals surface area contributed by atoms with E-state index >= 15 is 0 Å². The summed E-state index contributed by atoms with van der Waals surface area (Å²) in [6.45, 7) is 0.986. The average molecular weight is 320 g/mol. The molecule has 0 spiro atoms. The number of hydrogen-bond donors (Lipinski definition) is 3. The van der Waals surface area contributed by atoms with E-state index in [1.165, 1.54) is 23.8 Å². The van der Waals surface area contributed by atoms with Crippen molar-refractivity contribution in [2.75, 3.05) is 6.61 Å². The average Bonchev–Trinajstić information content (AvgIpc) is 2.52. The van der Waals surface area contributed by atoms with Crippen LogP contribution in [0.2, 0.25) is 0 Å². The first-order valence-corrected chi connectivity index (χ1v) is 6.16. The molecule has 1 aromatic heterocycles. The topological polar surface area (TPSA) is 105 Å². The second-order valence-electron chi connectivity index (χ2n) is 4.34. The van der Waals surface area contributed by atoms with Crippen LogP contribution < -0.4 is 10.3 Å². The van der Waals surface area contributed by atoms with Crippen molar-refractivity contribution in [2.24, 2.45) is 0 Å². The van der Waals surface area contributed by atoms with Crippen LogP contribution in [0.15, 0.2) is 17.1 Å². The third kappa shape index (κ3) is 2.11. The molecule has 0 aromatic carbocycles. The molecule has 0 aliphatic carbocycles. The molecular weight excluding hydrogens is 307 g/mol. The van der Waals surface area contributed by atoms with E-state index in [1.807, 2.05) is 0 Å². The van der Waals surface area contributed by atoms with E-state index < -0.39 is 36.2 Å². The van der Waals surface area contributed by atoms with Gasteiger partial charge in [-0.05, 0) is 0 Å². The molecule has 1 saturated heterocycles. The van der Waals surface area contributed by atoms with E-state index in [0.717, 1.165) is 0 Å². The minimum atomic E-state index is -1.59. The van der Waals surface area contributed by atoms with Crippen LogP contribution in [0.5, 0.6) is 0 Å². The summed E-state index contributed by atoms with van der Waals surface area (Å²) in [6.07, 6.45) is -1.64. The van der Waals surface area contributed by atoms with Gasteiger partial charge in [-0.1, -0.05) is 0 Å². The monoisotopic (exact) mass is 321 g/mol. The van der Waals surface area contributed by atoms with Crippen LogP contribution in [0.25, 0.3) is 0 Å². The molecule has 0 saturated carbocycles. The van der Waals surface area contributed by atoms with E-state index in [9.17, 15) is 15.0 Å². The fourth-order valence-electron chi connectivity index (χ4n) is 1.97. The van der Waals surface area contributed by atoms with Gasteiger partial charge < -0.3 is 0 Å². The normalized spacial score (nSPS) is 35.9. The van der Waals surface area contributed by atoms with Crippen molar-refractivity contribution in [3.63, 3.8) is 0 Å². The van der Waals surface area contributed by atoms with Crippen LogP contribution in [-0.4, -0.2) is 65.3 Å². The number of aromatic nitrogens is 2. The third-order valence-corrected chi connectivity index (χ3v) is 3.63. The van der Waals surface area contributed by atoms with Gasteiger partial charge in [-0.3, -0.25) is 0 Å². The molecule has 99 valence electrons. The van der Waals surface area contributed by atoms with Gasteiger partial charge in [-0.2, -0.15) is 0 Å². The van der Waals surface area contributed by atoms with Crippen molar-refractivity contribution in [2.45, 2.75) is 31.0 Å². The first kappa shape index (κ1) is 13.7. The quantitative estimate of drug-likeness (QED) is 0.503. The van der Waals surface area contributed by atoms with Crippen molar-refractivity contribution in [3.8, 4) is 0 Å². The molecule has 1 aliphatic heterocycles. The Morgan fingerprint density at radius 2 is 2.33 bits per heavy atom. The van der Waals surface area contributed by atoms with Gasteiger partial charge in [0, 0.05) is 0 Å². The number of hydrogen-bond acceptors (Lipinski definition) is 6. The first-order chi connectivity index (χ1) is 8.37. The summed E-state index contributed by atoms with van der Waals surface area (Å²) in [4.78, 5) is 14.7. The van der Waals surface area contributed by atoms with Crippen LogP contribution >= 0.6 is 0 Å². The van der Waals surface area contributed by atoms with Gasteiger partial charge in [-0.15, -0.1) is 0 Å². The molecule has 0 bridgehead atoms. The van der Waals surface area contributed by atoms with Gasteiger partial charge in [0.15, 0.2) is 0 Å². The molecule has 4 atom stereocenters. The van der Waals surface area contributed by atoms with E-state index in [1.54, 1.807) is 0 Å². The van der Waals surface area contributed by atoms with E-state index in [2.05, 4.69) is 21.0 Å². The summed E-state index contributed by atoms with van der Waals surface area (Å²) < 4.78 is 7.03. The second-order valence-corrected chi connectivity index (χ2v) is 5.10. The summed E-state index contributed by atoms with van der Waals surface area (Å²) >= 11 is 2.59. The summed E-state index contributed by atoms with van der Waals surface area (Å²) in [5.74, 6) is 0. The Morgan fingerprint density at radius 1 is 1.67 bits per heavy atom. The third-order valence-electron chi connectivity index (χ3n) is 2.99. The molecule has 3 N–H and O–H groups in total. The van der Waals surface area contributed by atoms with Gasteiger partial charge in [0.1, 0.15) is 0 Å². The molecule has 2 rings (SSSR count). The molecule has 0 amide bonds. The molecule has 1 radical (unpaired) electrons. The fourth-order valence-corrected chi connectivity index (χ4v) is 2.48. The zero-order chi connectivity index (χ0) is 13.5. The van der Waals surface area contributed by atoms with E-state index in [0.29, 0.717) is 0 Å². The van der Waals surface area contributed by atoms with Gasteiger partial charge >= 0.3 is 111 Å². The fraction of sp³-hybridized carbons (Fsp3) is 0.600. The number of rotatable bonds is 2. The Kier molecular flexibility index (Phi) is 3.59. The maximum absolute atomic E-state index is 11.1. The second kappa shape index (κ2) is 4.73. The molecular formula is C10H13N2O5Se. The van der Waals surface area contributed by atoms with Crippen LogP contribution in [0.1, 0.15) is 13.2 Å². The number of aliphatic hydroxyl groups excluding tert-OH is 2. The van der Waals surface area contributed by atoms with Gasteiger partial charge in [0.25, 0.3) is 0 Å². The predicted molar refractivity (Wildman–Crippen MR) is 61.5 cm³/mol. The van der Waals surface area contributed by atoms with Crippen LogP contribution in [-0.2, 0) is 4.74 Å². The molecule has 18 heavy (non-hydrogen) atoms. The first-order valence-electron chi connectivity index (χ1n) is 5.31. The van der Waals surface area contributed by atoms with E-state index in [-0.39, 0.29) is 4.72 Å². The summed E-state index contributed by atoms with van der Waals surface area (Å²) in [5, 5.41) is 29.2. The zero-order valence-electron chi connectivity index (χ0n) is 9.55. The predicted octanol–water partition coefficient (Wildman–Crippen LogP) is -2.96. The molecule has 1 fully saturated rings. The van der Waals surface area contributed by atoms with Crippen molar-refractivity contribution in [1.29, 1.82) is 0 Å². The maximum atomic E-state index is 11.1. The standard InChI is InChI=1S/C10H13N2O5Se/c1-10(16)7(15)5(4-13)17-8(10)12-3-2-6(14)11-9(12)18/h2-3,5,7-8,13,15-16H,4H2,1H3/t5-,7+,8-,10?/m1/s1. The van der Waals surface area contributed by atoms with Crippen molar-refractivity contribution in [3.05, 3.63) is 22.6 Å². The molecule has 7 nitrogen and oxygen atoms in total. The zero-order valence-corrected chi connectivity index (χ0v) is 11.3. The van der Waals surface area contributed by atoms with E-state index in [4.69, 9.17) is 9.84 Å². The van der Waals surface area contributed by atoms with Gasteiger partial charge in [-0.25, -0.2) is 0 Å². The Labute approximate surface area is 111 Å². The van der Waals surface area contributed by atoms with Crippen molar-refractivity contribution < 1.29 is 20.1 Å². The number of ether oxygens (including phenoxy) is 1. The van der Waals surface area contributed by atoms with Crippen molar-refractivity contribution >= 4 is 20.7 Å². The summed E-state index contributed by atoms with van der Waals surface area (Å²) in [7, 11) is 0. The molecule has 1 unspecified atom stereocenters. The molecule has 2 heterocycles. The number of nitrogens with zero attached hydrogens (tertiary/aromatic N) is 2. The Hall–Kier alpha value is -0.761. The molecule has 1 aliphatic rings. The summed E-state index contributed by atoms with van der Waals surface area (Å²) in [6, 6.07) is 1.22. The SMILES string of the molecule is CC1(O)[C@@H](O)[C@@H](CO)O[C@H]1n1ccc(=O)nc1[Se].